The molecule has 1 unspecified atom stereocenters. The van der Waals surface area contributed by atoms with Crippen LogP contribution in [0.3, 0.4) is 0 Å². The van der Waals surface area contributed by atoms with Gasteiger partial charge in [-0.25, -0.2) is 4.39 Å². The van der Waals surface area contributed by atoms with E-state index in [0.29, 0.717) is 22.1 Å². The van der Waals surface area contributed by atoms with Crippen molar-refractivity contribution < 1.29 is 9.13 Å². The fourth-order valence-electron chi connectivity index (χ4n) is 1.71. The molecule has 2 aromatic carbocycles. The highest BCUT2D eigenvalue weighted by atomic mass is 35.5. The van der Waals surface area contributed by atoms with E-state index in [-0.39, 0.29) is 11.9 Å². The molecule has 0 saturated heterocycles. The van der Waals surface area contributed by atoms with Crippen molar-refractivity contribution in [2.45, 2.75) is 19.9 Å². The van der Waals surface area contributed by atoms with E-state index in [1.165, 1.54) is 6.07 Å². The van der Waals surface area contributed by atoms with Crippen molar-refractivity contribution in [1.29, 1.82) is 0 Å². The zero-order valence-electron chi connectivity index (χ0n) is 10.8. The van der Waals surface area contributed by atoms with Crippen molar-refractivity contribution in [3.8, 4) is 11.5 Å². The number of ether oxygens (including phenoxy) is 1. The second kappa shape index (κ2) is 5.59. The molecule has 0 aliphatic heterocycles. The average Bonchev–Trinajstić information content (AvgIpc) is 2.33. The molecular weight excluding hydrogens is 265 g/mol. The molecule has 0 amide bonds. The van der Waals surface area contributed by atoms with Crippen LogP contribution in [0, 0.1) is 12.7 Å². The molecule has 100 valence electrons. The molecule has 0 heterocycles. The Morgan fingerprint density at radius 2 is 1.79 bits per heavy atom. The van der Waals surface area contributed by atoms with Gasteiger partial charge in [-0.1, -0.05) is 23.7 Å². The van der Waals surface area contributed by atoms with Gasteiger partial charge in [0.2, 0.25) is 0 Å². The molecule has 2 nitrogen and oxygen atoms in total. The second-order valence-corrected chi connectivity index (χ2v) is 4.89. The van der Waals surface area contributed by atoms with Crippen molar-refractivity contribution in [2.24, 2.45) is 5.73 Å². The van der Waals surface area contributed by atoms with E-state index in [1.54, 1.807) is 31.2 Å². The van der Waals surface area contributed by atoms with E-state index in [4.69, 9.17) is 22.1 Å². The van der Waals surface area contributed by atoms with Crippen LogP contribution in [0.1, 0.15) is 24.1 Å². The Labute approximate surface area is 117 Å². The summed E-state index contributed by atoms with van der Waals surface area (Å²) in [6.45, 7) is 3.56. The standard InChI is InChI=1S/C15H15ClFNO/c1-9-3-4-12(8-15(9)17)19-11-5-6-13(10(2)18)14(16)7-11/h3-8,10H,18H2,1-2H3. The number of halogens is 2. The lowest BCUT2D eigenvalue weighted by atomic mass is 10.1. The molecule has 0 fully saturated rings. The van der Waals surface area contributed by atoms with E-state index in [2.05, 4.69) is 0 Å². The minimum atomic E-state index is -0.296. The third-order valence-electron chi connectivity index (χ3n) is 2.84. The second-order valence-electron chi connectivity index (χ2n) is 4.49. The molecule has 0 radical (unpaired) electrons. The highest BCUT2D eigenvalue weighted by Crippen LogP contribution is 2.29. The molecule has 2 N–H and O–H groups in total. The largest absolute Gasteiger partial charge is 0.457 e. The minimum Gasteiger partial charge on any atom is -0.457 e. The predicted octanol–water partition coefficient (Wildman–Crippen LogP) is 4.60. The Balaban J connectivity index is 2.24. The highest BCUT2D eigenvalue weighted by Gasteiger charge is 2.08. The zero-order valence-corrected chi connectivity index (χ0v) is 11.5. The molecule has 4 heteroatoms. The van der Waals surface area contributed by atoms with Crippen LogP contribution in [-0.2, 0) is 0 Å². The van der Waals surface area contributed by atoms with Crippen LogP contribution < -0.4 is 10.5 Å². The first-order valence-electron chi connectivity index (χ1n) is 5.96. The summed E-state index contributed by atoms with van der Waals surface area (Å²) in [5, 5.41) is 0.542. The van der Waals surface area contributed by atoms with Gasteiger partial charge in [-0.05, 0) is 43.2 Å². The van der Waals surface area contributed by atoms with E-state index in [0.717, 1.165) is 5.56 Å². The topological polar surface area (TPSA) is 35.2 Å². The molecule has 0 saturated carbocycles. The highest BCUT2D eigenvalue weighted by molar-refractivity contribution is 6.31. The van der Waals surface area contributed by atoms with Crippen molar-refractivity contribution in [3.63, 3.8) is 0 Å². The number of rotatable bonds is 3. The zero-order chi connectivity index (χ0) is 14.0. The summed E-state index contributed by atoms with van der Waals surface area (Å²) in [4.78, 5) is 0. The maximum absolute atomic E-state index is 13.4. The maximum atomic E-state index is 13.4. The van der Waals surface area contributed by atoms with E-state index >= 15 is 0 Å². The molecule has 2 aromatic rings. The Kier molecular flexibility index (Phi) is 4.08. The van der Waals surface area contributed by atoms with Gasteiger partial charge in [0.25, 0.3) is 0 Å². The van der Waals surface area contributed by atoms with Gasteiger partial charge in [0.1, 0.15) is 17.3 Å². The monoisotopic (exact) mass is 279 g/mol. The molecule has 0 spiro atoms. The van der Waals surface area contributed by atoms with Gasteiger partial charge in [-0.3, -0.25) is 0 Å². The molecule has 0 bridgehead atoms. The number of hydrogen-bond acceptors (Lipinski definition) is 2. The lowest BCUT2D eigenvalue weighted by Crippen LogP contribution is -2.05. The van der Waals surface area contributed by atoms with Gasteiger partial charge in [0.05, 0.1) is 0 Å². The van der Waals surface area contributed by atoms with Crippen LogP contribution in [0.25, 0.3) is 0 Å². The van der Waals surface area contributed by atoms with Gasteiger partial charge in [0.15, 0.2) is 0 Å². The van der Waals surface area contributed by atoms with E-state index < -0.39 is 0 Å². The van der Waals surface area contributed by atoms with Crippen molar-refractivity contribution in [2.75, 3.05) is 0 Å². The third-order valence-corrected chi connectivity index (χ3v) is 3.17. The minimum absolute atomic E-state index is 0.140. The van der Waals surface area contributed by atoms with Crippen molar-refractivity contribution in [3.05, 3.63) is 58.4 Å². The Morgan fingerprint density at radius 1 is 1.16 bits per heavy atom. The average molecular weight is 280 g/mol. The fourth-order valence-corrected chi connectivity index (χ4v) is 2.06. The van der Waals surface area contributed by atoms with E-state index in [1.807, 2.05) is 13.0 Å². The first kappa shape index (κ1) is 13.8. The van der Waals surface area contributed by atoms with Crippen LogP contribution in [0.5, 0.6) is 11.5 Å². The van der Waals surface area contributed by atoms with E-state index in [9.17, 15) is 4.39 Å². The first-order valence-corrected chi connectivity index (χ1v) is 6.34. The molecule has 1 atom stereocenters. The van der Waals surface area contributed by atoms with Crippen molar-refractivity contribution >= 4 is 11.6 Å². The summed E-state index contributed by atoms with van der Waals surface area (Å²) in [7, 11) is 0. The summed E-state index contributed by atoms with van der Waals surface area (Å²) < 4.78 is 19.0. The van der Waals surface area contributed by atoms with Crippen LogP contribution in [-0.4, -0.2) is 0 Å². The molecule has 0 aliphatic rings. The molecular formula is C15H15ClFNO. The number of aryl methyl sites for hydroxylation is 1. The third kappa shape index (κ3) is 3.25. The lowest BCUT2D eigenvalue weighted by molar-refractivity contribution is 0.475. The van der Waals surface area contributed by atoms with Crippen LogP contribution in [0.15, 0.2) is 36.4 Å². The molecule has 19 heavy (non-hydrogen) atoms. The number of benzene rings is 2. The lowest BCUT2D eigenvalue weighted by Gasteiger charge is -2.11. The van der Waals surface area contributed by atoms with Gasteiger partial charge in [-0.2, -0.15) is 0 Å². The summed E-state index contributed by atoms with van der Waals surface area (Å²) in [6, 6.07) is 9.85. The Morgan fingerprint density at radius 3 is 2.37 bits per heavy atom. The summed E-state index contributed by atoms with van der Waals surface area (Å²) in [6.07, 6.45) is 0. The SMILES string of the molecule is Cc1ccc(Oc2ccc(C(C)N)c(Cl)c2)cc1F. The maximum Gasteiger partial charge on any atom is 0.130 e. The Bertz CT molecular complexity index is 599. The van der Waals surface area contributed by atoms with Crippen LogP contribution in [0.2, 0.25) is 5.02 Å². The van der Waals surface area contributed by atoms with Gasteiger partial charge >= 0.3 is 0 Å². The summed E-state index contributed by atoms with van der Waals surface area (Å²) in [5.74, 6) is 0.696. The quantitative estimate of drug-likeness (QED) is 0.891. The summed E-state index contributed by atoms with van der Waals surface area (Å²) >= 11 is 6.11. The number of hydrogen-bond donors (Lipinski definition) is 1. The number of nitrogens with two attached hydrogens (primary N) is 1. The van der Waals surface area contributed by atoms with Crippen LogP contribution >= 0.6 is 11.6 Å². The molecule has 2 rings (SSSR count). The predicted molar refractivity (Wildman–Crippen MR) is 75.3 cm³/mol. The summed E-state index contributed by atoms with van der Waals surface area (Å²) in [5.41, 5.74) is 7.21. The fraction of sp³-hybridized carbons (Fsp3) is 0.200. The van der Waals surface area contributed by atoms with Gasteiger partial charge in [0, 0.05) is 17.1 Å². The molecule has 0 aromatic heterocycles. The first-order chi connectivity index (χ1) is 8.97. The Hall–Kier alpha value is -1.58. The van der Waals surface area contributed by atoms with Gasteiger partial charge in [-0.15, -0.1) is 0 Å². The van der Waals surface area contributed by atoms with Gasteiger partial charge < -0.3 is 10.5 Å². The van der Waals surface area contributed by atoms with Crippen LogP contribution in [0.4, 0.5) is 4.39 Å². The smallest absolute Gasteiger partial charge is 0.130 e. The van der Waals surface area contributed by atoms with Crippen molar-refractivity contribution in [1.82, 2.24) is 0 Å². The molecule has 0 aliphatic carbocycles. The normalized spacial score (nSPS) is 12.3.